The fourth-order valence-corrected chi connectivity index (χ4v) is 2.16. The SMILES string of the molecule is NC(=O)c1cc2ccc(O)cc2oc1=Nc1ccc(C(=O)O)cc1. The molecule has 2 aromatic carbocycles. The van der Waals surface area contributed by atoms with Crippen molar-refractivity contribution in [2.75, 3.05) is 0 Å². The van der Waals surface area contributed by atoms with Crippen LogP contribution in [-0.2, 0) is 0 Å². The minimum Gasteiger partial charge on any atom is -0.508 e. The Bertz CT molecular complexity index is 1020. The number of rotatable bonds is 3. The molecule has 1 heterocycles. The van der Waals surface area contributed by atoms with Gasteiger partial charge in [-0.1, -0.05) is 0 Å². The number of phenols is 1. The molecule has 0 fully saturated rings. The third kappa shape index (κ3) is 2.95. The molecular weight excluding hydrogens is 312 g/mol. The van der Waals surface area contributed by atoms with E-state index in [9.17, 15) is 14.7 Å². The Labute approximate surface area is 135 Å². The van der Waals surface area contributed by atoms with E-state index in [1.807, 2.05) is 0 Å². The highest BCUT2D eigenvalue weighted by molar-refractivity contribution is 5.95. The maximum atomic E-state index is 11.6. The third-order valence-corrected chi connectivity index (χ3v) is 3.34. The highest BCUT2D eigenvalue weighted by Crippen LogP contribution is 2.20. The first kappa shape index (κ1) is 15.3. The van der Waals surface area contributed by atoms with Crippen molar-refractivity contribution < 1.29 is 24.2 Å². The molecule has 7 nitrogen and oxygen atoms in total. The standard InChI is InChI=1S/C17H12N2O5/c18-15(21)13-7-10-3-6-12(20)8-14(10)24-16(13)19-11-4-1-9(2-5-11)17(22)23/h1-8,20H,(H2,18,21)(H,22,23). The van der Waals surface area contributed by atoms with E-state index in [1.54, 1.807) is 6.07 Å². The first-order chi connectivity index (χ1) is 11.4. The number of carbonyl (C=O) groups excluding carboxylic acids is 1. The summed E-state index contributed by atoms with van der Waals surface area (Å²) >= 11 is 0. The molecule has 120 valence electrons. The molecule has 3 aromatic rings. The van der Waals surface area contributed by atoms with Crippen molar-refractivity contribution in [3.05, 3.63) is 65.2 Å². The lowest BCUT2D eigenvalue weighted by atomic mass is 10.1. The van der Waals surface area contributed by atoms with Crippen molar-refractivity contribution >= 4 is 28.5 Å². The van der Waals surface area contributed by atoms with Gasteiger partial charge in [0.25, 0.3) is 5.91 Å². The monoisotopic (exact) mass is 324 g/mol. The van der Waals surface area contributed by atoms with Crippen LogP contribution in [0, 0.1) is 0 Å². The van der Waals surface area contributed by atoms with Crippen LogP contribution in [0.2, 0.25) is 0 Å². The fraction of sp³-hybridized carbons (Fsp3) is 0. The smallest absolute Gasteiger partial charge is 0.335 e. The lowest BCUT2D eigenvalue weighted by molar-refractivity contribution is 0.0696. The number of carboxylic acid groups (broad SMARTS) is 1. The van der Waals surface area contributed by atoms with Crippen LogP contribution in [0.25, 0.3) is 11.0 Å². The van der Waals surface area contributed by atoms with E-state index in [0.29, 0.717) is 16.7 Å². The van der Waals surface area contributed by atoms with Crippen molar-refractivity contribution in [1.29, 1.82) is 0 Å². The van der Waals surface area contributed by atoms with Crippen molar-refractivity contribution in [2.24, 2.45) is 10.7 Å². The molecule has 0 unspecified atom stereocenters. The zero-order chi connectivity index (χ0) is 17.3. The van der Waals surface area contributed by atoms with Crippen molar-refractivity contribution in [2.45, 2.75) is 0 Å². The van der Waals surface area contributed by atoms with Gasteiger partial charge in [0.2, 0.25) is 5.55 Å². The molecule has 7 heteroatoms. The Morgan fingerprint density at radius 3 is 2.38 bits per heavy atom. The van der Waals surface area contributed by atoms with Crippen molar-refractivity contribution in [1.82, 2.24) is 0 Å². The summed E-state index contributed by atoms with van der Waals surface area (Å²) in [5.41, 5.74) is 6.27. The average molecular weight is 324 g/mol. The summed E-state index contributed by atoms with van der Waals surface area (Å²) < 4.78 is 5.57. The Morgan fingerprint density at radius 2 is 1.75 bits per heavy atom. The number of nitrogens with zero attached hydrogens (tertiary/aromatic N) is 1. The molecule has 0 atom stereocenters. The van der Waals surface area contributed by atoms with E-state index in [-0.39, 0.29) is 22.4 Å². The van der Waals surface area contributed by atoms with Crippen LogP contribution in [0.3, 0.4) is 0 Å². The second kappa shape index (κ2) is 5.88. The van der Waals surface area contributed by atoms with Gasteiger partial charge >= 0.3 is 5.97 Å². The molecule has 0 saturated heterocycles. The first-order valence-corrected chi connectivity index (χ1v) is 6.89. The number of nitrogens with two attached hydrogens (primary N) is 1. The number of hydrogen-bond donors (Lipinski definition) is 3. The predicted molar refractivity (Wildman–Crippen MR) is 85.0 cm³/mol. The summed E-state index contributed by atoms with van der Waals surface area (Å²) in [4.78, 5) is 26.7. The van der Waals surface area contributed by atoms with Crippen LogP contribution >= 0.6 is 0 Å². The number of carboxylic acids is 1. The van der Waals surface area contributed by atoms with Gasteiger partial charge in [0.1, 0.15) is 16.9 Å². The second-order valence-electron chi connectivity index (χ2n) is 5.02. The number of carbonyl (C=O) groups is 2. The van der Waals surface area contributed by atoms with E-state index in [0.717, 1.165) is 0 Å². The van der Waals surface area contributed by atoms with Crippen LogP contribution in [0.5, 0.6) is 5.75 Å². The molecule has 0 aliphatic carbocycles. The minimum atomic E-state index is -1.05. The fourth-order valence-electron chi connectivity index (χ4n) is 2.16. The number of primary amides is 1. The Morgan fingerprint density at radius 1 is 1.04 bits per heavy atom. The van der Waals surface area contributed by atoms with Gasteiger partial charge in [-0.15, -0.1) is 0 Å². The van der Waals surface area contributed by atoms with E-state index in [4.69, 9.17) is 15.3 Å². The molecule has 0 spiro atoms. The quantitative estimate of drug-likeness (QED) is 0.680. The average Bonchev–Trinajstić information content (AvgIpc) is 2.54. The highest BCUT2D eigenvalue weighted by Gasteiger charge is 2.10. The molecule has 0 radical (unpaired) electrons. The predicted octanol–water partition coefficient (Wildman–Crippen LogP) is 2.17. The molecular formula is C17H12N2O5. The molecule has 0 saturated carbocycles. The third-order valence-electron chi connectivity index (χ3n) is 3.34. The summed E-state index contributed by atoms with van der Waals surface area (Å²) in [5, 5.41) is 19.0. The molecule has 0 bridgehead atoms. The van der Waals surface area contributed by atoms with Gasteiger partial charge in [0, 0.05) is 11.5 Å². The molecule has 24 heavy (non-hydrogen) atoms. The number of aromatic hydroxyl groups is 1. The largest absolute Gasteiger partial charge is 0.508 e. The number of fused-ring (bicyclic) bond motifs is 1. The van der Waals surface area contributed by atoms with E-state index < -0.39 is 11.9 Å². The summed E-state index contributed by atoms with van der Waals surface area (Å²) in [7, 11) is 0. The Balaban J connectivity index is 2.20. The van der Waals surface area contributed by atoms with E-state index in [2.05, 4.69) is 4.99 Å². The van der Waals surface area contributed by atoms with Crippen LogP contribution in [0.4, 0.5) is 5.69 Å². The normalized spacial score (nSPS) is 11.6. The van der Waals surface area contributed by atoms with Crippen LogP contribution in [0.15, 0.2) is 57.9 Å². The molecule has 3 rings (SSSR count). The Hall–Kier alpha value is -3.61. The second-order valence-corrected chi connectivity index (χ2v) is 5.02. The number of benzene rings is 2. The maximum absolute atomic E-state index is 11.6. The highest BCUT2D eigenvalue weighted by atomic mass is 16.4. The number of hydrogen-bond acceptors (Lipinski definition) is 5. The molecule has 0 aliphatic rings. The summed E-state index contributed by atoms with van der Waals surface area (Å²) in [6, 6.07) is 11.7. The lowest BCUT2D eigenvalue weighted by Gasteiger charge is -2.03. The minimum absolute atomic E-state index is 0.00911. The molecule has 1 amide bonds. The maximum Gasteiger partial charge on any atom is 0.335 e. The molecule has 4 N–H and O–H groups in total. The van der Waals surface area contributed by atoms with Gasteiger partial charge in [-0.05, 0) is 42.5 Å². The zero-order valence-corrected chi connectivity index (χ0v) is 12.3. The zero-order valence-electron chi connectivity index (χ0n) is 12.3. The Kier molecular flexibility index (Phi) is 3.75. The van der Waals surface area contributed by atoms with Gasteiger partial charge < -0.3 is 20.4 Å². The number of amides is 1. The van der Waals surface area contributed by atoms with Gasteiger partial charge in [-0.25, -0.2) is 9.79 Å². The van der Waals surface area contributed by atoms with Crippen molar-refractivity contribution in [3.63, 3.8) is 0 Å². The van der Waals surface area contributed by atoms with Crippen molar-refractivity contribution in [3.8, 4) is 5.75 Å². The molecule has 0 aliphatic heterocycles. The van der Waals surface area contributed by atoms with E-state index in [1.165, 1.54) is 42.5 Å². The van der Waals surface area contributed by atoms with Crippen LogP contribution in [0.1, 0.15) is 20.7 Å². The summed E-state index contributed by atoms with van der Waals surface area (Å²) in [6.45, 7) is 0. The van der Waals surface area contributed by atoms with E-state index >= 15 is 0 Å². The number of phenolic OH excluding ortho intramolecular Hbond substituents is 1. The van der Waals surface area contributed by atoms with Gasteiger partial charge in [0.05, 0.1) is 11.3 Å². The van der Waals surface area contributed by atoms with Gasteiger partial charge in [-0.2, -0.15) is 0 Å². The van der Waals surface area contributed by atoms with Crippen LogP contribution in [-0.4, -0.2) is 22.1 Å². The topological polar surface area (TPSA) is 126 Å². The first-order valence-electron chi connectivity index (χ1n) is 6.89. The summed E-state index contributed by atoms with van der Waals surface area (Å²) in [5.74, 6) is -1.75. The van der Waals surface area contributed by atoms with Crippen LogP contribution < -0.4 is 11.3 Å². The van der Waals surface area contributed by atoms with Gasteiger partial charge in [0.15, 0.2) is 0 Å². The molecule has 1 aromatic heterocycles. The van der Waals surface area contributed by atoms with Gasteiger partial charge in [-0.3, -0.25) is 4.79 Å². The lowest BCUT2D eigenvalue weighted by Crippen LogP contribution is -2.21. The number of aromatic carboxylic acids is 1. The summed E-state index contributed by atoms with van der Waals surface area (Å²) in [6.07, 6.45) is 0.